The van der Waals surface area contributed by atoms with Gasteiger partial charge in [-0.1, -0.05) is 24.3 Å². The van der Waals surface area contributed by atoms with E-state index in [2.05, 4.69) is 20.4 Å². The number of guanidine groups is 2. The molecular weight excluding hydrogens is 312 g/mol. The van der Waals surface area contributed by atoms with Crippen molar-refractivity contribution in [1.29, 1.82) is 0 Å². The van der Waals surface area contributed by atoms with Gasteiger partial charge in [0.05, 0.1) is 12.4 Å². The monoisotopic (exact) mass is 328 g/mol. The number of hydrogen-bond acceptors (Lipinski definition) is 5. The van der Waals surface area contributed by atoms with E-state index in [0.717, 1.165) is 20.9 Å². The molecule has 1 aromatic carbocycles. The molecule has 0 saturated heterocycles. The summed E-state index contributed by atoms with van der Waals surface area (Å²) < 4.78 is 0. The first-order valence-corrected chi connectivity index (χ1v) is 7.30. The van der Waals surface area contributed by atoms with Crippen molar-refractivity contribution in [3.05, 3.63) is 46.8 Å². The number of rotatable bonds is 5. The maximum atomic E-state index is 5.20. The van der Waals surface area contributed by atoms with Crippen LogP contribution in [0.4, 0.5) is 0 Å². The van der Waals surface area contributed by atoms with Gasteiger partial charge in [0.15, 0.2) is 0 Å². The lowest BCUT2D eigenvalue weighted by molar-refractivity contribution is 1.21. The summed E-state index contributed by atoms with van der Waals surface area (Å²) in [4.78, 5) is 2.05. The number of thiophene rings is 1. The van der Waals surface area contributed by atoms with Crippen molar-refractivity contribution in [2.75, 3.05) is 0 Å². The summed E-state index contributed by atoms with van der Waals surface area (Å²) in [7, 11) is 0. The van der Waals surface area contributed by atoms with Crippen LogP contribution in [0.1, 0.15) is 10.4 Å². The molecule has 118 valence electrons. The highest BCUT2D eigenvalue weighted by Crippen LogP contribution is 2.27. The van der Waals surface area contributed by atoms with E-state index < -0.39 is 0 Å². The Bertz CT molecular complexity index is 762. The topological polar surface area (TPSA) is 154 Å². The average Bonchev–Trinajstić information content (AvgIpc) is 2.96. The lowest BCUT2D eigenvalue weighted by atomic mass is 10.1. The minimum absolute atomic E-state index is 0.0731. The van der Waals surface area contributed by atoms with Gasteiger partial charge in [0.1, 0.15) is 0 Å². The summed E-state index contributed by atoms with van der Waals surface area (Å²) in [5.74, 6) is -0.151. The van der Waals surface area contributed by atoms with Crippen LogP contribution in [0.5, 0.6) is 0 Å². The molecule has 2 rings (SSSR count). The summed E-state index contributed by atoms with van der Waals surface area (Å²) in [6.07, 6.45) is 3.18. The van der Waals surface area contributed by atoms with Crippen molar-refractivity contribution in [1.82, 2.24) is 0 Å². The van der Waals surface area contributed by atoms with Crippen LogP contribution in [-0.2, 0) is 0 Å². The molecule has 23 heavy (non-hydrogen) atoms. The molecular formula is C14H16N8S. The third kappa shape index (κ3) is 5.25. The zero-order valence-electron chi connectivity index (χ0n) is 12.1. The van der Waals surface area contributed by atoms with Crippen molar-refractivity contribution < 1.29 is 0 Å². The van der Waals surface area contributed by atoms with E-state index in [1.165, 1.54) is 0 Å². The van der Waals surface area contributed by atoms with E-state index in [1.54, 1.807) is 23.8 Å². The van der Waals surface area contributed by atoms with Crippen molar-refractivity contribution in [3.63, 3.8) is 0 Å². The highest BCUT2D eigenvalue weighted by molar-refractivity contribution is 7.17. The van der Waals surface area contributed by atoms with Gasteiger partial charge in [-0.15, -0.1) is 21.5 Å². The number of hydrogen-bond donors (Lipinski definition) is 4. The van der Waals surface area contributed by atoms with Crippen LogP contribution in [0, 0.1) is 0 Å². The van der Waals surface area contributed by atoms with E-state index in [0.29, 0.717) is 0 Å². The fourth-order valence-electron chi connectivity index (χ4n) is 1.63. The van der Waals surface area contributed by atoms with Gasteiger partial charge in [-0.05, 0) is 23.3 Å². The van der Waals surface area contributed by atoms with Gasteiger partial charge in [0, 0.05) is 9.75 Å². The van der Waals surface area contributed by atoms with Crippen LogP contribution >= 0.6 is 11.3 Å². The summed E-state index contributed by atoms with van der Waals surface area (Å²) >= 11 is 1.58. The summed E-state index contributed by atoms with van der Waals surface area (Å²) in [6, 6.07) is 11.8. The lowest BCUT2D eigenvalue weighted by Gasteiger charge is -1.97. The van der Waals surface area contributed by atoms with Crippen LogP contribution in [0.2, 0.25) is 0 Å². The molecule has 0 saturated carbocycles. The molecule has 0 spiro atoms. The standard InChI is InChI=1S/C14H16N8S/c15-13(16)21-19-7-9-1-3-10(4-2-9)12-6-5-11(23-12)8-20-22-14(17)18/h1-8H,(H4,15,16,21)(H4,17,18,22)/b19-7+,20-8+. The Kier molecular flexibility index (Phi) is 5.42. The Balaban J connectivity index is 2.09. The molecule has 9 heteroatoms. The first-order valence-electron chi connectivity index (χ1n) is 6.49. The fraction of sp³-hybridized carbons (Fsp3) is 0. The normalized spacial score (nSPS) is 11.0. The summed E-state index contributed by atoms with van der Waals surface area (Å²) in [5, 5.41) is 14.6. The van der Waals surface area contributed by atoms with Crippen molar-refractivity contribution in [2.24, 2.45) is 43.3 Å². The molecule has 0 aliphatic rings. The Labute approximate surface area is 136 Å². The van der Waals surface area contributed by atoms with Gasteiger partial charge >= 0.3 is 0 Å². The molecule has 0 unspecified atom stereocenters. The minimum atomic E-state index is -0.0774. The Hall–Kier alpha value is -3.20. The molecule has 0 aliphatic carbocycles. The van der Waals surface area contributed by atoms with Crippen LogP contribution in [0.15, 0.2) is 56.8 Å². The zero-order valence-corrected chi connectivity index (χ0v) is 12.9. The second kappa shape index (κ2) is 7.71. The Morgan fingerprint density at radius 2 is 1.39 bits per heavy atom. The zero-order chi connectivity index (χ0) is 16.7. The molecule has 8 nitrogen and oxygen atoms in total. The summed E-state index contributed by atoms with van der Waals surface area (Å²) in [6.45, 7) is 0. The quantitative estimate of drug-likeness (QED) is 0.361. The third-order valence-corrected chi connectivity index (χ3v) is 3.63. The molecule has 0 fully saturated rings. The molecule has 0 amide bonds. The number of nitrogens with zero attached hydrogens (tertiary/aromatic N) is 4. The third-order valence-electron chi connectivity index (χ3n) is 2.56. The molecule has 0 atom stereocenters. The lowest BCUT2D eigenvalue weighted by Crippen LogP contribution is -2.21. The van der Waals surface area contributed by atoms with Gasteiger partial charge in [0.25, 0.3) is 0 Å². The van der Waals surface area contributed by atoms with E-state index in [1.807, 2.05) is 36.4 Å². The molecule has 0 aliphatic heterocycles. The first-order chi connectivity index (χ1) is 11.0. The van der Waals surface area contributed by atoms with Crippen LogP contribution in [-0.4, -0.2) is 24.3 Å². The van der Waals surface area contributed by atoms with Gasteiger partial charge in [-0.3, -0.25) is 0 Å². The highest BCUT2D eigenvalue weighted by atomic mass is 32.1. The maximum absolute atomic E-state index is 5.20. The van der Waals surface area contributed by atoms with E-state index in [9.17, 15) is 0 Å². The number of benzene rings is 1. The Morgan fingerprint density at radius 3 is 2.00 bits per heavy atom. The van der Waals surface area contributed by atoms with Crippen molar-refractivity contribution in [3.8, 4) is 10.4 Å². The SMILES string of the molecule is NC(N)=N/N=C/c1ccc(-c2ccc(/C=N/N=C(N)N)s2)cc1. The Morgan fingerprint density at radius 1 is 0.783 bits per heavy atom. The first kappa shape index (κ1) is 16.2. The number of nitrogens with two attached hydrogens (primary N) is 4. The van der Waals surface area contributed by atoms with Gasteiger partial charge in [-0.2, -0.15) is 10.2 Å². The molecule has 1 aromatic heterocycles. The predicted molar refractivity (Wildman–Crippen MR) is 96.6 cm³/mol. The van der Waals surface area contributed by atoms with Gasteiger partial charge < -0.3 is 22.9 Å². The highest BCUT2D eigenvalue weighted by Gasteiger charge is 2.01. The van der Waals surface area contributed by atoms with E-state index in [4.69, 9.17) is 22.9 Å². The molecule has 2 aromatic rings. The smallest absolute Gasteiger partial charge is 0.211 e. The fourth-order valence-corrected chi connectivity index (χ4v) is 2.51. The van der Waals surface area contributed by atoms with Crippen molar-refractivity contribution in [2.45, 2.75) is 0 Å². The average molecular weight is 328 g/mol. The van der Waals surface area contributed by atoms with Gasteiger partial charge in [-0.25, -0.2) is 0 Å². The minimum Gasteiger partial charge on any atom is -0.369 e. The van der Waals surface area contributed by atoms with Crippen LogP contribution in [0.25, 0.3) is 10.4 Å². The van der Waals surface area contributed by atoms with Gasteiger partial charge in [0.2, 0.25) is 11.9 Å². The van der Waals surface area contributed by atoms with Crippen molar-refractivity contribution >= 4 is 35.7 Å². The maximum Gasteiger partial charge on any atom is 0.211 e. The van der Waals surface area contributed by atoms with Crippen LogP contribution < -0.4 is 22.9 Å². The molecule has 8 N–H and O–H groups in total. The molecule has 1 heterocycles. The largest absolute Gasteiger partial charge is 0.369 e. The predicted octanol–water partition coefficient (Wildman–Crippen LogP) is 0.630. The van der Waals surface area contributed by atoms with Crippen LogP contribution in [0.3, 0.4) is 0 Å². The van der Waals surface area contributed by atoms with E-state index >= 15 is 0 Å². The second-order valence-corrected chi connectivity index (χ2v) is 5.48. The summed E-state index contributed by atoms with van der Waals surface area (Å²) in [5.41, 5.74) is 22.8. The van der Waals surface area contributed by atoms with E-state index in [-0.39, 0.29) is 11.9 Å². The molecule has 0 bridgehead atoms. The second-order valence-electron chi connectivity index (χ2n) is 4.36. The molecule has 0 radical (unpaired) electrons.